The van der Waals surface area contributed by atoms with Crippen molar-refractivity contribution < 1.29 is 24.6 Å². The second-order valence-electron chi connectivity index (χ2n) is 13.6. The summed E-state index contributed by atoms with van der Waals surface area (Å²) in [4.78, 5) is 38.3. The van der Waals surface area contributed by atoms with E-state index in [1.807, 2.05) is 42.5 Å². The van der Waals surface area contributed by atoms with Gasteiger partial charge in [-0.1, -0.05) is 71.9 Å². The lowest BCUT2D eigenvalue weighted by Crippen LogP contribution is -2.56. The number of hydrogen-bond acceptors (Lipinski definition) is 6. The molecule has 4 N–H and O–H groups in total. The van der Waals surface area contributed by atoms with E-state index in [2.05, 4.69) is 42.6 Å². The van der Waals surface area contributed by atoms with Gasteiger partial charge in [0.1, 0.15) is 6.04 Å². The molecular formula is C34H38N6O5. The van der Waals surface area contributed by atoms with Gasteiger partial charge in [0, 0.05) is 45.4 Å². The molecule has 45 heavy (non-hydrogen) atoms. The zero-order valence-electron chi connectivity index (χ0n) is 26.2. The maximum atomic E-state index is 13.4. The summed E-state index contributed by atoms with van der Waals surface area (Å²) in [6.07, 6.45) is 0. The molecule has 3 aromatic carbocycles. The number of aromatic amines is 1. The molecule has 0 bridgehead atoms. The number of hydrogen-bond donors (Lipinski definition) is 4. The summed E-state index contributed by atoms with van der Waals surface area (Å²) in [5, 5.41) is 39.5. The molecule has 5 aromatic rings. The van der Waals surface area contributed by atoms with Crippen molar-refractivity contribution in [3.8, 4) is 11.4 Å². The highest BCUT2D eigenvalue weighted by molar-refractivity contribution is 6.09. The van der Waals surface area contributed by atoms with Crippen LogP contribution in [0.25, 0.3) is 33.2 Å². The van der Waals surface area contributed by atoms with Gasteiger partial charge in [0.25, 0.3) is 5.91 Å². The van der Waals surface area contributed by atoms with E-state index in [0.29, 0.717) is 12.4 Å². The molecule has 0 fully saturated rings. The minimum absolute atomic E-state index is 0.285. The van der Waals surface area contributed by atoms with Crippen molar-refractivity contribution in [3.63, 3.8) is 0 Å². The first-order chi connectivity index (χ1) is 21.2. The van der Waals surface area contributed by atoms with Crippen molar-refractivity contribution in [2.45, 2.75) is 54.1 Å². The Morgan fingerprint density at radius 2 is 1.51 bits per heavy atom. The van der Waals surface area contributed by atoms with Crippen molar-refractivity contribution in [1.82, 2.24) is 30.5 Å². The van der Waals surface area contributed by atoms with Crippen LogP contribution < -0.4 is 5.32 Å². The summed E-state index contributed by atoms with van der Waals surface area (Å²) in [7, 11) is 0. The predicted octanol–water partition coefficient (Wildman–Crippen LogP) is 5.62. The van der Waals surface area contributed by atoms with E-state index in [4.69, 9.17) is 0 Å². The van der Waals surface area contributed by atoms with Crippen LogP contribution in [0.3, 0.4) is 0 Å². The first-order valence-corrected chi connectivity index (χ1v) is 14.8. The van der Waals surface area contributed by atoms with E-state index in [1.54, 1.807) is 53.7 Å². The van der Waals surface area contributed by atoms with Crippen molar-refractivity contribution in [3.05, 3.63) is 77.9 Å². The third kappa shape index (κ3) is 6.29. The molecule has 0 aliphatic carbocycles. The number of tetrazole rings is 1. The normalized spacial score (nSPS) is 14.3. The summed E-state index contributed by atoms with van der Waals surface area (Å²) in [6, 6.07) is 19.7. The van der Waals surface area contributed by atoms with E-state index in [9.17, 15) is 24.6 Å². The fourth-order valence-electron chi connectivity index (χ4n) is 6.38. The summed E-state index contributed by atoms with van der Waals surface area (Å²) in [5.41, 5.74) is 2.67. The van der Waals surface area contributed by atoms with Crippen LogP contribution in [-0.4, -0.2) is 59.3 Å². The highest BCUT2D eigenvalue weighted by Crippen LogP contribution is 2.43. The number of carbonyl (C=O) groups is 3. The number of rotatable bonds is 9. The first kappa shape index (κ1) is 31.4. The van der Waals surface area contributed by atoms with Gasteiger partial charge >= 0.3 is 11.9 Å². The van der Waals surface area contributed by atoms with Crippen LogP contribution in [0.4, 0.5) is 0 Å². The van der Waals surface area contributed by atoms with E-state index in [-0.39, 0.29) is 5.56 Å². The van der Waals surface area contributed by atoms with Gasteiger partial charge in [-0.25, -0.2) is 4.79 Å². The van der Waals surface area contributed by atoms with Gasteiger partial charge < -0.3 is 20.1 Å². The number of H-pyrrole nitrogens is 1. The third-order valence-corrected chi connectivity index (χ3v) is 8.40. The molecule has 3 atom stereocenters. The van der Waals surface area contributed by atoms with Crippen LogP contribution in [0.2, 0.25) is 0 Å². The maximum absolute atomic E-state index is 13.4. The number of amides is 1. The molecule has 11 nitrogen and oxygen atoms in total. The zero-order chi connectivity index (χ0) is 32.7. The van der Waals surface area contributed by atoms with Crippen molar-refractivity contribution >= 4 is 39.7 Å². The van der Waals surface area contributed by atoms with Crippen LogP contribution in [0.1, 0.15) is 57.5 Å². The summed E-state index contributed by atoms with van der Waals surface area (Å²) in [5.74, 6) is -4.33. The Hall–Kier alpha value is -5.06. The van der Waals surface area contributed by atoms with Gasteiger partial charge in [-0.05, 0) is 58.0 Å². The molecule has 0 aliphatic rings. The molecular weight excluding hydrogens is 572 g/mol. The van der Waals surface area contributed by atoms with Gasteiger partial charge in [0.15, 0.2) is 0 Å². The van der Waals surface area contributed by atoms with E-state index in [1.165, 1.54) is 0 Å². The van der Waals surface area contributed by atoms with Crippen molar-refractivity contribution in [2.24, 2.45) is 22.7 Å². The summed E-state index contributed by atoms with van der Waals surface area (Å²) < 4.78 is 2.20. The van der Waals surface area contributed by atoms with Crippen LogP contribution >= 0.6 is 0 Å². The number of benzene rings is 3. The third-order valence-electron chi connectivity index (χ3n) is 8.40. The van der Waals surface area contributed by atoms with Gasteiger partial charge in [-0.3, -0.25) is 9.59 Å². The molecule has 0 radical (unpaired) electrons. The molecule has 2 heterocycles. The monoisotopic (exact) mass is 610 g/mol. The number of carboxylic acid groups (broad SMARTS) is 2. The minimum Gasteiger partial charge on any atom is -0.481 e. The lowest BCUT2D eigenvalue weighted by Gasteiger charge is -2.44. The van der Waals surface area contributed by atoms with Gasteiger partial charge in [-0.2, -0.15) is 5.21 Å². The van der Waals surface area contributed by atoms with Crippen LogP contribution in [0.15, 0.2) is 66.7 Å². The Balaban J connectivity index is 1.42. The fourth-order valence-corrected chi connectivity index (χ4v) is 6.38. The number of aliphatic carboxylic acids is 2. The lowest BCUT2D eigenvalue weighted by atomic mass is 9.61. The fraction of sp³-hybridized carbons (Fsp3) is 0.353. The van der Waals surface area contributed by atoms with Gasteiger partial charge in [0.2, 0.25) is 5.82 Å². The number of carboxylic acids is 2. The maximum Gasteiger partial charge on any atom is 0.326 e. The summed E-state index contributed by atoms with van der Waals surface area (Å²) in [6.45, 7) is 11.3. The van der Waals surface area contributed by atoms with Crippen LogP contribution in [-0.2, 0) is 16.1 Å². The Labute approximate surface area is 260 Å². The first-order valence-electron chi connectivity index (χ1n) is 14.8. The van der Waals surface area contributed by atoms with E-state index < -0.39 is 46.6 Å². The standard InChI is InChI=1S/C34H38N6O5/c1-33(2,3)26(27(31(42)43)34(4,5)6)28(32(44)45)35-30(41)20-13-11-19(12-14-20)18-40-24-10-8-7-9-22(24)23-17-21(15-16-25(23)40)29-36-38-39-37-29/h7-17,26-28H,18H2,1-6H3,(H,35,41)(H,42,43)(H,44,45)(H,36,37,38,39). The molecule has 0 saturated heterocycles. The van der Waals surface area contributed by atoms with Crippen LogP contribution in [0.5, 0.6) is 0 Å². The SMILES string of the molecule is CC(C)(C)C(C(=O)O)C(C(NC(=O)c1ccc(Cn2c3ccccc3c3cc(-c4nn[nH]n4)ccc32)cc1)C(=O)O)C(C)(C)C. The predicted molar refractivity (Wildman–Crippen MR) is 171 cm³/mol. The van der Waals surface area contributed by atoms with Crippen molar-refractivity contribution in [1.29, 1.82) is 0 Å². The van der Waals surface area contributed by atoms with Crippen LogP contribution in [0, 0.1) is 22.7 Å². The second-order valence-corrected chi connectivity index (χ2v) is 13.6. The second kappa shape index (κ2) is 11.8. The Morgan fingerprint density at radius 1 is 0.844 bits per heavy atom. The highest BCUT2D eigenvalue weighted by Gasteiger charge is 2.50. The Kier molecular flexibility index (Phi) is 8.22. The number of fused-ring (bicyclic) bond motifs is 3. The quantitative estimate of drug-likeness (QED) is 0.167. The van der Waals surface area contributed by atoms with Gasteiger partial charge in [-0.15, -0.1) is 10.2 Å². The average molecular weight is 611 g/mol. The highest BCUT2D eigenvalue weighted by atomic mass is 16.4. The lowest BCUT2D eigenvalue weighted by molar-refractivity contribution is -0.155. The number of para-hydroxylation sites is 1. The molecule has 1 amide bonds. The topological polar surface area (TPSA) is 163 Å². The number of nitrogens with one attached hydrogen (secondary N) is 2. The minimum atomic E-state index is -1.41. The Morgan fingerprint density at radius 3 is 2.09 bits per heavy atom. The average Bonchev–Trinajstić information content (AvgIpc) is 3.61. The molecule has 11 heteroatoms. The molecule has 5 rings (SSSR count). The molecule has 0 spiro atoms. The zero-order valence-corrected chi connectivity index (χ0v) is 26.2. The molecule has 3 unspecified atom stereocenters. The number of carbonyl (C=O) groups excluding carboxylic acids is 1. The summed E-state index contributed by atoms with van der Waals surface area (Å²) >= 11 is 0. The molecule has 2 aromatic heterocycles. The smallest absolute Gasteiger partial charge is 0.326 e. The number of aromatic nitrogens is 5. The molecule has 234 valence electrons. The van der Waals surface area contributed by atoms with Gasteiger partial charge in [0.05, 0.1) is 5.92 Å². The number of nitrogens with zero attached hydrogens (tertiary/aromatic N) is 4. The Bertz CT molecular complexity index is 1860. The van der Waals surface area contributed by atoms with E-state index in [0.717, 1.165) is 32.9 Å². The molecule has 0 aliphatic heterocycles. The van der Waals surface area contributed by atoms with Crippen molar-refractivity contribution in [2.75, 3.05) is 0 Å². The van der Waals surface area contributed by atoms with E-state index >= 15 is 0 Å². The largest absolute Gasteiger partial charge is 0.481 e. The molecule has 0 saturated carbocycles.